The van der Waals surface area contributed by atoms with Crippen LogP contribution in [-0.2, 0) is 9.53 Å². The highest BCUT2D eigenvalue weighted by atomic mass is 79.9. The van der Waals surface area contributed by atoms with Crippen molar-refractivity contribution in [3.8, 4) is 0 Å². The average Bonchev–Trinajstić information content (AvgIpc) is 2.47. The van der Waals surface area contributed by atoms with E-state index in [0.29, 0.717) is 0 Å². The van der Waals surface area contributed by atoms with Gasteiger partial charge in [-0.15, -0.1) is 0 Å². The van der Waals surface area contributed by atoms with Crippen LogP contribution in [0.2, 0.25) is 0 Å². The first-order valence-corrected chi connectivity index (χ1v) is 5.98. The van der Waals surface area contributed by atoms with E-state index in [0.717, 1.165) is 17.3 Å². The number of rotatable bonds is 1. The molecule has 0 aromatic rings. The minimum absolute atomic E-state index is 0.257. The highest BCUT2D eigenvalue weighted by molar-refractivity contribution is 9.11. The second-order valence-electron chi connectivity index (χ2n) is 4.71. The predicted octanol–water partition coefficient (Wildman–Crippen LogP) is 2.73. The molecule has 0 saturated carbocycles. The Hall–Kier alpha value is -0.840. The lowest BCUT2D eigenvalue weighted by Gasteiger charge is -2.20. The summed E-state index contributed by atoms with van der Waals surface area (Å²) in [5.74, 6) is -0.567. The average molecular weight is 290 g/mol. The maximum atomic E-state index is 11.7. The monoisotopic (exact) mass is 289 g/mol. The van der Waals surface area contributed by atoms with Crippen LogP contribution in [-0.4, -0.2) is 17.6 Å². The van der Waals surface area contributed by atoms with E-state index in [2.05, 4.69) is 21.2 Å². The van der Waals surface area contributed by atoms with Crippen molar-refractivity contribution in [3.05, 3.63) is 10.6 Å². The molecule has 2 amide bonds. The van der Waals surface area contributed by atoms with E-state index in [9.17, 15) is 9.59 Å². The molecular formula is C11H16BrNO3. The number of hydrogen-bond donors (Lipinski definition) is 1. The lowest BCUT2D eigenvalue weighted by atomic mass is 10.1. The van der Waals surface area contributed by atoms with E-state index in [1.165, 1.54) is 0 Å². The smallest absolute Gasteiger partial charge is 0.414 e. The van der Waals surface area contributed by atoms with Crippen LogP contribution in [0.1, 0.15) is 33.6 Å². The molecule has 1 atom stereocenters. The van der Waals surface area contributed by atoms with Gasteiger partial charge in [0.25, 0.3) is 0 Å². The Morgan fingerprint density at radius 3 is 2.56 bits per heavy atom. The van der Waals surface area contributed by atoms with E-state index in [4.69, 9.17) is 4.74 Å². The fraction of sp³-hybridized carbons (Fsp3) is 0.636. The number of amides is 2. The zero-order valence-corrected chi connectivity index (χ0v) is 11.3. The van der Waals surface area contributed by atoms with Gasteiger partial charge in [0.1, 0.15) is 5.60 Å². The first kappa shape index (κ1) is 13.2. The molecule has 0 radical (unpaired) electrons. The van der Waals surface area contributed by atoms with Gasteiger partial charge >= 0.3 is 6.09 Å². The number of alkyl carbamates (subject to hydrolysis) is 1. The molecule has 0 fully saturated rings. The molecule has 0 heterocycles. The summed E-state index contributed by atoms with van der Waals surface area (Å²) in [5.41, 5.74) is -0.590. The van der Waals surface area contributed by atoms with Crippen molar-refractivity contribution in [1.29, 1.82) is 0 Å². The van der Waals surface area contributed by atoms with Gasteiger partial charge in [0.2, 0.25) is 5.91 Å². The van der Waals surface area contributed by atoms with Crippen molar-refractivity contribution >= 4 is 27.9 Å². The molecule has 4 nitrogen and oxygen atoms in total. The second kappa shape index (κ2) is 4.99. The van der Waals surface area contributed by atoms with Crippen LogP contribution in [0.25, 0.3) is 0 Å². The molecule has 1 aliphatic carbocycles. The maximum absolute atomic E-state index is 11.7. The molecule has 1 aliphatic rings. The summed E-state index contributed by atoms with van der Waals surface area (Å²) in [6.07, 6.45) is 2.84. The first-order valence-electron chi connectivity index (χ1n) is 5.19. The summed E-state index contributed by atoms with van der Waals surface area (Å²) in [7, 11) is 0. The fourth-order valence-corrected chi connectivity index (χ4v) is 2.08. The molecule has 0 aromatic heterocycles. The zero-order chi connectivity index (χ0) is 12.3. The van der Waals surface area contributed by atoms with Crippen LogP contribution in [0, 0.1) is 5.92 Å². The largest absolute Gasteiger partial charge is 0.444 e. The van der Waals surface area contributed by atoms with Gasteiger partial charge in [-0.05, 0) is 33.6 Å². The number of ether oxygens (including phenoxy) is 1. The maximum Gasteiger partial charge on any atom is 0.414 e. The Morgan fingerprint density at radius 1 is 1.50 bits per heavy atom. The number of halogens is 1. The van der Waals surface area contributed by atoms with Gasteiger partial charge in [0.05, 0.1) is 5.92 Å². The highest BCUT2D eigenvalue weighted by Crippen LogP contribution is 2.30. The van der Waals surface area contributed by atoms with Crippen molar-refractivity contribution in [2.75, 3.05) is 0 Å². The molecular weight excluding hydrogens is 274 g/mol. The molecule has 0 aliphatic heterocycles. The summed E-state index contributed by atoms with van der Waals surface area (Å²) in [6.45, 7) is 5.26. The molecule has 5 heteroatoms. The first-order chi connectivity index (χ1) is 7.29. The summed E-state index contributed by atoms with van der Waals surface area (Å²) >= 11 is 3.30. The fourth-order valence-electron chi connectivity index (χ4n) is 1.42. The minimum Gasteiger partial charge on any atom is -0.444 e. The third-order valence-corrected chi connectivity index (χ3v) is 2.94. The van der Waals surface area contributed by atoms with Crippen LogP contribution in [0.4, 0.5) is 4.79 Å². The normalized spacial score (nSPS) is 20.2. The highest BCUT2D eigenvalue weighted by Gasteiger charge is 2.27. The van der Waals surface area contributed by atoms with Crippen LogP contribution in [0.5, 0.6) is 0 Å². The molecule has 0 unspecified atom stereocenters. The Balaban J connectivity index is 2.46. The summed E-state index contributed by atoms with van der Waals surface area (Å²) in [5, 5.41) is 2.24. The summed E-state index contributed by atoms with van der Waals surface area (Å²) in [4.78, 5) is 23.0. The third kappa shape index (κ3) is 3.96. The van der Waals surface area contributed by atoms with Gasteiger partial charge in [-0.3, -0.25) is 10.1 Å². The lowest BCUT2D eigenvalue weighted by molar-refractivity contribution is -0.123. The molecule has 16 heavy (non-hydrogen) atoms. The van der Waals surface area contributed by atoms with Crippen LogP contribution < -0.4 is 5.32 Å². The van der Waals surface area contributed by atoms with Crippen LogP contribution in [0.15, 0.2) is 10.6 Å². The molecule has 90 valence electrons. The van der Waals surface area contributed by atoms with Crippen LogP contribution in [0.3, 0.4) is 0 Å². The quantitative estimate of drug-likeness (QED) is 0.808. The van der Waals surface area contributed by atoms with Gasteiger partial charge in [-0.1, -0.05) is 22.0 Å². The van der Waals surface area contributed by atoms with E-state index >= 15 is 0 Å². The number of carbonyl (C=O) groups excluding carboxylic acids is 2. The minimum atomic E-state index is -0.690. The number of hydrogen-bond acceptors (Lipinski definition) is 3. The molecule has 0 bridgehead atoms. The van der Waals surface area contributed by atoms with Gasteiger partial charge in [-0.25, -0.2) is 4.79 Å². The van der Waals surface area contributed by atoms with Crippen LogP contribution >= 0.6 is 15.9 Å². The number of carbonyl (C=O) groups is 2. The lowest BCUT2D eigenvalue weighted by Crippen LogP contribution is -2.39. The van der Waals surface area contributed by atoms with Gasteiger partial charge in [-0.2, -0.15) is 0 Å². The van der Waals surface area contributed by atoms with E-state index in [-0.39, 0.29) is 11.8 Å². The number of allylic oxidation sites excluding steroid dienone is 1. The van der Waals surface area contributed by atoms with Crippen molar-refractivity contribution < 1.29 is 14.3 Å². The van der Waals surface area contributed by atoms with Crippen molar-refractivity contribution in [2.45, 2.75) is 39.2 Å². The Morgan fingerprint density at radius 2 is 2.12 bits per heavy atom. The van der Waals surface area contributed by atoms with E-state index in [1.54, 1.807) is 20.8 Å². The standard InChI is InChI=1S/C11H16BrNO3/c1-11(2,3)16-10(15)13-9(14)7-5-4-6-8(7)12/h6-7H,4-5H2,1-3H3,(H,13,14,15)/t7-/m0/s1. The summed E-state index contributed by atoms with van der Waals surface area (Å²) < 4.78 is 5.84. The predicted molar refractivity (Wildman–Crippen MR) is 64.1 cm³/mol. The van der Waals surface area contributed by atoms with Gasteiger partial charge < -0.3 is 4.74 Å². The van der Waals surface area contributed by atoms with Crippen molar-refractivity contribution in [2.24, 2.45) is 5.92 Å². The van der Waals surface area contributed by atoms with Crippen molar-refractivity contribution in [3.63, 3.8) is 0 Å². The topological polar surface area (TPSA) is 55.4 Å². The van der Waals surface area contributed by atoms with E-state index in [1.807, 2.05) is 6.08 Å². The summed E-state index contributed by atoms with van der Waals surface area (Å²) in [6, 6.07) is 0. The van der Waals surface area contributed by atoms with E-state index < -0.39 is 11.7 Å². The Bertz CT molecular complexity index is 331. The third-order valence-electron chi connectivity index (χ3n) is 2.07. The number of imide groups is 1. The van der Waals surface area contributed by atoms with Crippen molar-refractivity contribution in [1.82, 2.24) is 5.32 Å². The van der Waals surface area contributed by atoms with Gasteiger partial charge in [0, 0.05) is 4.48 Å². The molecule has 0 saturated heterocycles. The van der Waals surface area contributed by atoms with Gasteiger partial charge in [0.15, 0.2) is 0 Å². The zero-order valence-electron chi connectivity index (χ0n) is 9.67. The Labute approximate surface area is 104 Å². The molecule has 0 spiro atoms. The molecule has 1 N–H and O–H groups in total. The molecule has 1 rings (SSSR count). The SMILES string of the molecule is CC(C)(C)OC(=O)NC(=O)[C@H]1CCC=C1Br. The second-order valence-corrected chi connectivity index (χ2v) is 5.63. The number of nitrogens with one attached hydrogen (secondary N) is 1. The Kier molecular flexibility index (Phi) is 4.13. The molecule has 0 aromatic carbocycles.